The van der Waals surface area contributed by atoms with Gasteiger partial charge in [-0.2, -0.15) is 0 Å². The molecule has 110 valence electrons. The summed E-state index contributed by atoms with van der Waals surface area (Å²) in [6.07, 6.45) is 0. The number of aromatic nitrogens is 1. The lowest BCUT2D eigenvalue weighted by molar-refractivity contribution is 0.0594. The lowest BCUT2D eigenvalue weighted by Crippen LogP contribution is -2.38. The van der Waals surface area contributed by atoms with Crippen molar-refractivity contribution in [2.45, 2.75) is 25.9 Å². The van der Waals surface area contributed by atoms with E-state index in [-0.39, 0.29) is 12.5 Å². The zero-order valence-electron chi connectivity index (χ0n) is 11.3. The van der Waals surface area contributed by atoms with Gasteiger partial charge in [0.05, 0.1) is 10.4 Å². The van der Waals surface area contributed by atoms with E-state index in [9.17, 15) is 13.6 Å². The molecule has 21 heavy (non-hydrogen) atoms. The van der Waals surface area contributed by atoms with E-state index in [0.29, 0.717) is 15.2 Å². The number of fused-ring (bicyclic) bond motifs is 1. The molecular weight excluding hydrogens is 362 g/mol. The number of thiazole rings is 1. The van der Waals surface area contributed by atoms with Crippen molar-refractivity contribution in [2.75, 3.05) is 0 Å². The number of halogens is 3. The SMILES string of the molecule is CC1(C)c2sc(Br)nc2C(=O)N1Cc1ccc(F)c(F)c1. The molecule has 2 aromatic rings. The van der Waals surface area contributed by atoms with E-state index >= 15 is 0 Å². The first-order valence-electron chi connectivity index (χ1n) is 6.23. The van der Waals surface area contributed by atoms with E-state index in [4.69, 9.17) is 0 Å². The van der Waals surface area contributed by atoms with Crippen molar-refractivity contribution >= 4 is 33.2 Å². The number of carbonyl (C=O) groups excluding carboxylic acids is 1. The predicted octanol–water partition coefficient (Wildman–Crippen LogP) is 4.07. The van der Waals surface area contributed by atoms with Gasteiger partial charge in [-0.05, 0) is 47.5 Å². The second-order valence-corrected chi connectivity index (χ2v) is 7.62. The number of rotatable bonds is 2. The molecule has 0 unspecified atom stereocenters. The minimum Gasteiger partial charge on any atom is -0.323 e. The zero-order chi connectivity index (χ0) is 15.4. The number of carbonyl (C=O) groups is 1. The monoisotopic (exact) mass is 372 g/mol. The normalized spacial score (nSPS) is 16.4. The Labute approximate surface area is 132 Å². The molecule has 0 radical (unpaired) electrons. The molecule has 1 aromatic heterocycles. The zero-order valence-corrected chi connectivity index (χ0v) is 13.7. The molecule has 3 nitrogen and oxygen atoms in total. The lowest BCUT2D eigenvalue weighted by Gasteiger charge is -2.31. The van der Waals surface area contributed by atoms with Gasteiger partial charge in [0.1, 0.15) is 5.69 Å². The first-order valence-corrected chi connectivity index (χ1v) is 7.84. The summed E-state index contributed by atoms with van der Waals surface area (Å²) in [4.78, 5) is 19.2. The van der Waals surface area contributed by atoms with Gasteiger partial charge in [-0.3, -0.25) is 4.79 Å². The molecule has 0 saturated carbocycles. The van der Waals surface area contributed by atoms with Crippen LogP contribution in [0.3, 0.4) is 0 Å². The summed E-state index contributed by atoms with van der Waals surface area (Å²) in [5.74, 6) is -2.00. The van der Waals surface area contributed by atoms with Crippen LogP contribution >= 0.6 is 27.3 Å². The smallest absolute Gasteiger partial charge is 0.274 e. The molecule has 1 amide bonds. The Morgan fingerprint density at radius 3 is 2.67 bits per heavy atom. The van der Waals surface area contributed by atoms with Gasteiger partial charge in [0.25, 0.3) is 5.91 Å². The minimum atomic E-state index is -0.910. The van der Waals surface area contributed by atoms with Crippen molar-refractivity contribution in [3.63, 3.8) is 0 Å². The minimum absolute atomic E-state index is 0.193. The van der Waals surface area contributed by atoms with Crippen molar-refractivity contribution in [3.8, 4) is 0 Å². The van der Waals surface area contributed by atoms with E-state index in [1.807, 2.05) is 13.8 Å². The van der Waals surface area contributed by atoms with Crippen molar-refractivity contribution in [1.82, 2.24) is 9.88 Å². The van der Waals surface area contributed by atoms with Crippen LogP contribution in [0.4, 0.5) is 8.78 Å². The summed E-state index contributed by atoms with van der Waals surface area (Å²) in [5.41, 5.74) is 0.449. The molecule has 0 saturated heterocycles. The molecule has 3 rings (SSSR count). The fourth-order valence-corrected chi connectivity index (χ4v) is 4.01. The van der Waals surface area contributed by atoms with Crippen molar-refractivity contribution < 1.29 is 13.6 Å². The Bertz CT molecular complexity index is 745. The third-order valence-electron chi connectivity index (χ3n) is 3.60. The highest BCUT2D eigenvalue weighted by Gasteiger charge is 2.46. The van der Waals surface area contributed by atoms with Crippen LogP contribution in [0, 0.1) is 11.6 Å². The molecule has 0 N–H and O–H groups in total. The standard InChI is InChI=1S/C14H11BrF2N2OS/c1-14(2)11-10(18-13(15)21-11)12(20)19(14)6-7-3-4-8(16)9(17)5-7/h3-5H,6H2,1-2H3. The third-order valence-corrected chi connectivity index (χ3v) is 5.42. The molecule has 0 atom stereocenters. The van der Waals surface area contributed by atoms with Gasteiger partial charge < -0.3 is 4.90 Å². The van der Waals surface area contributed by atoms with Crippen LogP contribution < -0.4 is 0 Å². The summed E-state index contributed by atoms with van der Waals surface area (Å²) >= 11 is 4.70. The van der Waals surface area contributed by atoms with Gasteiger partial charge in [0.15, 0.2) is 15.6 Å². The Hall–Kier alpha value is -1.34. The summed E-state index contributed by atoms with van der Waals surface area (Å²) in [7, 11) is 0. The number of hydrogen-bond donors (Lipinski definition) is 0. The van der Waals surface area contributed by atoms with E-state index in [1.165, 1.54) is 17.4 Å². The van der Waals surface area contributed by atoms with Crippen LogP contribution in [0.5, 0.6) is 0 Å². The maximum Gasteiger partial charge on any atom is 0.274 e. The van der Waals surface area contributed by atoms with Crippen LogP contribution in [-0.4, -0.2) is 15.8 Å². The summed E-state index contributed by atoms with van der Waals surface area (Å²) in [5, 5.41) is 0. The topological polar surface area (TPSA) is 33.2 Å². The van der Waals surface area contributed by atoms with Crippen molar-refractivity contribution in [2.24, 2.45) is 0 Å². The molecule has 0 bridgehead atoms. The van der Waals surface area contributed by atoms with E-state index in [0.717, 1.165) is 17.0 Å². The molecule has 2 heterocycles. The van der Waals surface area contributed by atoms with Gasteiger partial charge in [0, 0.05) is 6.54 Å². The maximum atomic E-state index is 13.3. The Kier molecular flexibility index (Phi) is 3.37. The highest BCUT2D eigenvalue weighted by Crippen LogP contribution is 2.43. The fourth-order valence-electron chi connectivity index (χ4n) is 2.45. The van der Waals surface area contributed by atoms with Gasteiger partial charge in [-0.15, -0.1) is 11.3 Å². The van der Waals surface area contributed by atoms with E-state index < -0.39 is 17.2 Å². The first kappa shape index (κ1) is 14.6. The van der Waals surface area contributed by atoms with Gasteiger partial charge in [-0.1, -0.05) is 6.07 Å². The van der Waals surface area contributed by atoms with Gasteiger partial charge in [0.2, 0.25) is 0 Å². The van der Waals surface area contributed by atoms with Gasteiger partial charge >= 0.3 is 0 Å². The molecule has 0 fully saturated rings. The molecule has 1 aliphatic heterocycles. The molecule has 0 spiro atoms. The molecule has 7 heteroatoms. The molecule has 1 aliphatic rings. The third kappa shape index (κ3) is 2.28. The lowest BCUT2D eigenvalue weighted by atomic mass is 10.0. The van der Waals surface area contributed by atoms with Crippen LogP contribution in [0.25, 0.3) is 0 Å². The van der Waals surface area contributed by atoms with Crippen LogP contribution in [0.2, 0.25) is 0 Å². The average Bonchev–Trinajstić information content (AvgIpc) is 2.87. The van der Waals surface area contributed by atoms with Crippen molar-refractivity contribution in [1.29, 1.82) is 0 Å². The van der Waals surface area contributed by atoms with E-state index in [2.05, 4.69) is 20.9 Å². The second-order valence-electron chi connectivity index (χ2n) is 5.34. The largest absolute Gasteiger partial charge is 0.323 e. The number of benzene rings is 1. The Morgan fingerprint density at radius 2 is 2.05 bits per heavy atom. The van der Waals surface area contributed by atoms with Crippen LogP contribution in [0.1, 0.15) is 34.8 Å². The highest BCUT2D eigenvalue weighted by molar-refractivity contribution is 9.11. The van der Waals surface area contributed by atoms with Crippen LogP contribution in [0.15, 0.2) is 22.1 Å². The average molecular weight is 373 g/mol. The van der Waals surface area contributed by atoms with E-state index in [1.54, 1.807) is 4.90 Å². The molecular formula is C14H11BrF2N2OS. The quantitative estimate of drug-likeness (QED) is 0.795. The predicted molar refractivity (Wildman–Crippen MR) is 79.1 cm³/mol. The summed E-state index contributed by atoms with van der Waals surface area (Å²) < 4.78 is 27.0. The maximum absolute atomic E-state index is 13.3. The number of amides is 1. The Morgan fingerprint density at radius 1 is 1.33 bits per heavy atom. The number of hydrogen-bond acceptors (Lipinski definition) is 3. The Balaban J connectivity index is 1.95. The summed E-state index contributed by atoms with van der Waals surface area (Å²) in [6, 6.07) is 3.68. The fraction of sp³-hybridized carbons (Fsp3) is 0.286. The van der Waals surface area contributed by atoms with Gasteiger partial charge in [-0.25, -0.2) is 13.8 Å². The highest BCUT2D eigenvalue weighted by atomic mass is 79.9. The summed E-state index contributed by atoms with van der Waals surface area (Å²) in [6.45, 7) is 4.05. The molecule has 1 aromatic carbocycles. The number of nitrogens with zero attached hydrogens (tertiary/aromatic N) is 2. The molecule has 0 aliphatic carbocycles. The first-order chi connectivity index (χ1) is 9.80. The second kappa shape index (κ2) is 4.84. The van der Waals surface area contributed by atoms with Crippen LogP contribution in [-0.2, 0) is 12.1 Å². The van der Waals surface area contributed by atoms with Crippen molar-refractivity contribution in [3.05, 3.63) is 49.9 Å².